The lowest BCUT2D eigenvalue weighted by molar-refractivity contribution is -0.384. The Kier molecular flexibility index (Phi) is 8.33. The third-order valence-electron chi connectivity index (χ3n) is 4.88. The van der Waals surface area contributed by atoms with Crippen LogP contribution < -0.4 is 0 Å². The van der Waals surface area contributed by atoms with Crippen LogP contribution in [0.4, 0.5) is 5.69 Å². The summed E-state index contributed by atoms with van der Waals surface area (Å²) < 4.78 is 10.9. The molecule has 2 rings (SSSR count). The Morgan fingerprint density at radius 3 is 2.69 bits per heavy atom. The number of ether oxygens (including phenoxy) is 2. The quantitative estimate of drug-likeness (QED) is 0.253. The zero-order valence-electron chi connectivity index (χ0n) is 17.5. The van der Waals surface area contributed by atoms with Gasteiger partial charge in [0.05, 0.1) is 28.7 Å². The van der Waals surface area contributed by atoms with Crippen molar-refractivity contribution in [3.05, 3.63) is 51.2 Å². The summed E-state index contributed by atoms with van der Waals surface area (Å²) >= 11 is 0. The van der Waals surface area contributed by atoms with Gasteiger partial charge in [0.25, 0.3) is 5.69 Å². The minimum atomic E-state index is -0.482. The largest absolute Gasteiger partial charge is 0.460 e. The van der Waals surface area contributed by atoms with Crippen LogP contribution in [0.2, 0.25) is 0 Å². The molecule has 29 heavy (non-hydrogen) atoms. The van der Waals surface area contributed by atoms with Gasteiger partial charge in [-0.25, -0.2) is 4.79 Å². The summed E-state index contributed by atoms with van der Waals surface area (Å²) in [6.45, 7) is 6.96. The second kappa shape index (κ2) is 10.7. The molecule has 0 fully saturated rings. The van der Waals surface area contributed by atoms with Gasteiger partial charge in [-0.3, -0.25) is 15.1 Å². The molecule has 0 N–H and O–H groups in total. The highest BCUT2D eigenvalue weighted by atomic mass is 16.6. The number of nitrogens with zero attached hydrogens (tertiary/aromatic N) is 3. The van der Waals surface area contributed by atoms with Crippen LogP contribution in [-0.4, -0.2) is 48.5 Å². The predicted molar refractivity (Wildman–Crippen MR) is 111 cm³/mol. The summed E-state index contributed by atoms with van der Waals surface area (Å²) in [6, 6.07) is 6.33. The third kappa shape index (κ3) is 5.63. The molecule has 158 valence electrons. The van der Waals surface area contributed by atoms with Gasteiger partial charge in [-0.1, -0.05) is 32.4 Å². The van der Waals surface area contributed by atoms with E-state index < -0.39 is 16.8 Å². The van der Waals surface area contributed by atoms with E-state index >= 15 is 0 Å². The monoisotopic (exact) mass is 403 g/mol. The van der Waals surface area contributed by atoms with Crippen LogP contribution in [0.25, 0.3) is 0 Å². The van der Waals surface area contributed by atoms with Crippen LogP contribution in [0.15, 0.2) is 40.6 Å². The first-order valence-corrected chi connectivity index (χ1v) is 9.91. The number of esters is 1. The lowest BCUT2D eigenvalue weighted by atomic mass is 9.83. The second-order valence-corrected chi connectivity index (χ2v) is 6.85. The zero-order valence-corrected chi connectivity index (χ0v) is 17.5. The Morgan fingerprint density at radius 1 is 1.28 bits per heavy atom. The molecule has 0 bridgehead atoms. The molecule has 1 unspecified atom stereocenters. The maximum atomic E-state index is 13.0. The van der Waals surface area contributed by atoms with E-state index in [1.54, 1.807) is 31.1 Å². The van der Waals surface area contributed by atoms with Gasteiger partial charge in [-0.2, -0.15) is 5.10 Å². The number of hydrazone groups is 1. The molecule has 8 nitrogen and oxygen atoms in total. The Hall–Kier alpha value is -2.74. The van der Waals surface area contributed by atoms with Gasteiger partial charge >= 0.3 is 5.97 Å². The van der Waals surface area contributed by atoms with Crippen molar-refractivity contribution >= 4 is 17.4 Å². The molecule has 1 aliphatic rings. The van der Waals surface area contributed by atoms with Crippen LogP contribution in [-0.2, 0) is 14.3 Å². The summed E-state index contributed by atoms with van der Waals surface area (Å²) in [5.41, 5.74) is 2.50. The fraction of sp³-hybridized carbons (Fsp3) is 0.524. The van der Waals surface area contributed by atoms with Crippen molar-refractivity contribution in [2.75, 3.05) is 26.9 Å². The van der Waals surface area contributed by atoms with Crippen molar-refractivity contribution in [3.8, 4) is 0 Å². The first kappa shape index (κ1) is 22.5. The van der Waals surface area contributed by atoms with Crippen LogP contribution in [0, 0.1) is 10.1 Å². The van der Waals surface area contributed by atoms with Gasteiger partial charge in [0, 0.05) is 31.5 Å². The molecule has 0 saturated carbocycles. The van der Waals surface area contributed by atoms with Crippen LogP contribution in [0.3, 0.4) is 0 Å². The van der Waals surface area contributed by atoms with Crippen molar-refractivity contribution in [2.45, 2.75) is 46.0 Å². The smallest absolute Gasteiger partial charge is 0.336 e. The maximum Gasteiger partial charge on any atom is 0.336 e. The van der Waals surface area contributed by atoms with Gasteiger partial charge < -0.3 is 9.47 Å². The van der Waals surface area contributed by atoms with E-state index in [0.29, 0.717) is 36.5 Å². The Morgan fingerprint density at radius 2 is 2.03 bits per heavy atom. The highest BCUT2D eigenvalue weighted by molar-refractivity contribution is 6.04. The van der Waals surface area contributed by atoms with E-state index in [2.05, 4.69) is 12.0 Å². The molecule has 1 heterocycles. The fourth-order valence-corrected chi connectivity index (χ4v) is 3.21. The first-order chi connectivity index (χ1) is 13.9. The van der Waals surface area contributed by atoms with E-state index in [9.17, 15) is 14.9 Å². The Bertz CT molecular complexity index is 803. The molecule has 1 aromatic rings. The van der Waals surface area contributed by atoms with E-state index in [1.165, 1.54) is 12.1 Å². The number of allylic oxidation sites excluding steroid dienone is 1. The molecule has 0 amide bonds. The van der Waals surface area contributed by atoms with E-state index in [1.807, 2.05) is 6.92 Å². The molecule has 8 heteroatoms. The van der Waals surface area contributed by atoms with Gasteiger partial charge in [0.15, 0.2) is 0 Å². The van der Waals surface area contributed by atoms with E-state index in [0.717, 1.165) is 18.6 Å². The number of non-ortho nitro benzene ring substituents is 1. The molecule has 1 aliphatic heterocycles. The van der Waals surface area contributed by atoms with Crippen molar-refractivity contribution in [2.24, 2.45) is 5.10 Å². The second-order valence-electron chi connectivity index (χ2n) is 6.85. The average Bonchev–Trinajstić information content (AvgIpc) is 2.71. The fourth-order valence-electron chi connectivity index (χ4n) is 3.21. The number of unbranched alkanes of at least 4 members (excludes halogenated alkanes) is 1. The van der Waals surface area contributed by atoms with Gasteiger partial charge in [0.2, 0.25) is 0 Å². The molecule has 0 spiro atoms. The van der Waals surface area contributed by atoms with Crippen molar-refractivity contribution in [1.82, 2.24) is 5.01 Å². The SMILES string of the molecule is CCCCOCCOC(=O)C1=C(C)N(C)N=C(CC)C1c1cccc([N+](=O)[O-])c1. The maximum absolute atomic E-state index is 13.0. The van der Waals surface area contributed by atoms with Gasteiger partial charge in [-0.05, 0) is 25.3 Å². The highest BCUT2D eigenvalue weighted by Gasteiger charge is 2.35. The molecule has 0 saturated heterocycles. The molecular formula is C21H29N3O5. The third-order valence-corrected chi connectivity index (χ3v) is 4.88. The van der Waals surface area contributed by atoms with Crippen molar-refractivity contribution in [1.29, 1.82) is 0 Å². The van der Waals surface area contributed by atoms with Crippen molar-refractivity contribution < 1.29 is 19.2 Å². The van der Waals surface area contributed by atoms with Crippen LogP contribution in [0.1, 0.15) is 51.5 Å². The van der Waals surface area contributed by atoms with Gasteiger partial charge in [0.1, 0.15) is 6.61 Å². The highest BCUT2D eigenvalue weighted by Crippen LogP contribution is 2.36. The number of carbonyl (C=O) groups is 1. The minimum absolute atomic E-state index is 0.0217. The van der Waals surface area contributed by atoms with Crippen molar-refractivity contribution in [3.63, 3.8) is 0 Å². The summed E-state index contributed by atoms with van der Waals surface area (Å²) in [4.78, 5) is 23.7. The zero-order chi connectivity index (χ0) is 21.4. The number of nitro groups is 1. The molecule has 0 aromatic heterocycles. The Balaban J connectivity index is 2.28. The lowest BCUT2D eigenvalue weighted by Crippen LogP contribution is -2.32. The molecule has 1 aromatic carbocycles. The minimum Gasteiger partial charge on any atom is -0.460 e. The number of carbonyl (C=O) groups excluding carboxylic acids is 1. The average molecular weight is 403 g/mol. The predicted octanol–water partition coefficient (Wildman–Crippen LogP) is 4.02. The normalized spacial score (nSPS) is 16.6. The number of hydrogen-bond acceptors (Lipinski definition) is 7. The standard InChI is InChI=1S/C21H29N3O5/c1-5-7-11-28-12-13-29-21(25)19-15(3)23(4)22-18(6-2)20(19)16-9-8-10-17(14-16)24(26)27/h8-10,14,20H,5-7,11-13H2,1-4H3. The van der Waals surface area contributed by atoms with Crippen LogP contribution in [0.5, 0.6) is 0 Å². The van der Waals surface area contributed by atoms with Gasteiger partial charge in [-0.15, -0.1) is 0 Å². The lowest BCUT2D eigenvalue weighted by Gasteiger charge is -2.31. The summed E-state index contributed by atoms with van der Waals surface area (Å²) in [5.74, 6) is -0.935. The number of hydrogen-bond donors (Lipinski definition) is 0. The summed E-state index contributed by atoms with van der Waals surface area (Å²) in [6.07, 6.45) is 2.61. The number of nitro benzene ring substituents is 1. The Labute approximate surface area is 171 Å². The molecule has 1 atom stereocenters. The molecule has 0 radical (unpaired) electrons. The summed E-state index contributed by atoms with van der Waals surface area (Å²) in [5, 5.41) is 17.4. The van der Waals surface area contributed by atoms with E-state index in [4.69, 9.17) is 9.47 Å². The topological polar surface area (TPSA) is 94.3 Å². The summed E-state index contributed by atoms with van der Waals surface area (Å²) in [7, 11) is 1.77. The first-order valence-electron chi connectivity index (χ1n) is 9.91. The van der Waals surface area contributed by atoms with Crippen LogP contribution >= 0.6 is 0 Å². The van der Waals surface area contributed by atoms with E-state index in [-0.39, 0.29) is 12.3 Å². The number of benzene rings is 1. The molecular weight excluding hydrogens is 374 g/mol. The number of rotatable bonds is 10. The molecule has 0 aliphatic carbocycles.